The zero-order valence-corrected chi connectivity index (χ0v) is 12.1. The van der Waals surface area contributed by atoms with Gasteiger partial charge in [-0.05, 0) is 63.2 Å². The van der Waals surface area contributed by atoms with E-state index >= 15 is 0 Å². The van der Waals surface area contributed by atoms with Crippen LogP contribution < -0.4 is 0 Å². The second kappa shape index (κ2) is 3.85. The molecule has 0 heteroatoms. The molecule has 0 aliphatic heterocycles. The zero-order valence-electron chi connectivity index (χ0n) is 12.1. The van der Waals surface area contributed by atoms with Crippen LogP contribution in [0.3, 0.4) is 0 Å². The molecule has 0 fully saturated rings. The summed E-state index contributed by atoms with van der Waals surface area (Å²) in [5, 5.41) is 8.34. The maximum atomic E-state index is 2.32. The summed E-state index contributed by atoms with van der Waals surface area (Å²) in [5.74, 6) is 0. The van der Waals surface area contributed by atoms with Crippen LogP contribution in [0.4, 0.5) is 0 Å². The number of hydrogen-bond acceptors (Lipinski definition) is 0. The van der Waals surface area contributed by atoms with Gasteiger partial charge in [0.1, 0.15) is 0 Å². The van der Waals surface area contributed by atoms with E-state index in [9.17, 15) is 0 Å². The van der Waals surface area contributed by atoms with Crippen molar-refractivity contribution in [2.24, 2.45) is 0 Å². The van der Waals surface area contributed by atoms with Crippen LogP contribution in [0.2, 0.25) is 0 Å². The highest BCUT2D eigenvalue weighted by Crippen LogP contribution is 2.42. The van der Waals surface area contributed by atoms with Crippen molar-refractivity contribution >= 4 is 37.9 Å². The van der Waals surface area contributed by atoms with Gasteiger partial charge >= 0.3 is 0 Å². The van der Waals surface area contributed by atoms with E-state index in [0.29, 0.717) is 0 Å². The fraction of sp³-hybridized carbons (Fsp3) is 0.143. The lowest BCUT2D eigenvalue weighted by Gasteiger charge is -2.23. The molecule has 0 atom stereocenters. The van der Waals surface area contributed by atoms with Gasteiger partial charge in [0.2, 0.25) is 0 Å². The van der Waals surface area contributed by atoms with Crippen LogP contribution in [0.1, 0.15) is 25.3 Å². The first-order valence-corrected chi connectivity index (χ1v) is 7.68. The predicted molar refractivity (Wildman–Crippen MR) is 92.0 cm³/mol. The van der Waals surface area contributed by atoms with Gasteiger partial charge in [0.15, 0.2) is 0 Å². The van der Waals surface area contributed by atoms with Crippen molar-refractivity contribution in [1.82, 2.24) is 0 Å². The van der Waals surface area contributed by atoms with E-state index in [2.05, 4.69) is 61.5 Å². The quantitative estimate of drug-likeness (QED) is 0.363. The molecule has 0 amide bonds. The molecule has 0 aromatic heterocycles. The highest BCUT2D eigenvalue weighted by atomic mass is 14.2. The van der Waals surface area contributed by atoms with E-state index < -0.39 is 0 Å². The average molecular weight is 268 g/mol. The normalized spacial score (nSPS) is 15.3. The Morgan fingerprint density at radius 3 is 2.00 bits per heavy atom. The molecule has 21 heavy (non-hydrogen) atoms. The van der Waals surface area contributed by atoms with E-state index in [1.165, 1.54) is 50.7 Å². The van der Waals surface area contributed by atoms with E-state index in [0.717, 1.165) is 0 Å². The molecule has 0 heterocycles. The highest BCUT2D eigenvalue weighted by molar-refractivity contribution is 6.24. The number of allylic oxidation sites excluding steroid dienone is 2. The summed E-state index contributed by atoms with van der Waals surface area (Å²) in [6.07, 6.45) is 2.49. The first-order valence-electron chi connectivity index (χ1n) is 7.68. The molecule has 0 N–H and O–H groups in total. The molecule has 1 aliphatic rings. The van der Waals surface area contributed by atoms with E-state index in [1.807, 2.05) is 0 Å². The summed E-state index contributed by atoms with van der Waals surface area (Å²) in [7, 11) is 0. The smallest absolute Gasteiger partial charge is 0.00207 e. The molecule has 0 saturated carbocycles. The van der Waals surface area contributed by atoms with Crippen molar-refractivity contribution in [3.63, 3.8) is 0 Å². The van der Waals surface area contributed by atoms with Gasteiger partial charge in [-0.1, -0.05) is 60.2 Å². The van der Waals surface area contributed by atoms with Crippen molar-refractivity contribution in [3.8, 4) is 0 Å². The van der Waals surface area contributed by atoms with Crippen molar-refractivity contribution < 1.29 is 0 Å². The molecule has 4 aromatic rings. The lowest BCUT2D eigenvalue weighted by Crippen LogP contribution is -2.01. The molecule has 0 radical (unpaired) electrons. The second-order valence-electron chi connectivity index (χ2n) is 6.23. The van der Waals surface area contributed by atoms with Crippen LogP contribution in [0.25, 0.3) is 37.9 Å². The highest BCUT2D eigenvalue weighted by Gasteiger charge is 2.18. The summed E-state index contributed by atoms with van der Waals surface area (Å²) < 4.78 is 0. The predicted octanol–water partition coefficient (Wildman–Crippen LogP) is 6.15. The molecular formula is C21H16. The Hall–Kier alpha value is -2.34. The third kappa shape index (κ3) is 1.40. The van der Waals surface area contributed by atoms with Crippen LogP contribution >= 0.6 is 0 Å². The summed E-state index contributed by atoms with van der Waals surface area (Å²) in [4.78, 5) is 0. The minimum absolute atomic E-state index is 1.23. The monoisotopic (exact) mass is 268 g/mol. The largest absolute Gasteiger partial charge is 0.0692 e. The Morgan fingerprint density at radius 2 is 1.33 bits per heavy atom. The average Bonchev–Trinajstić information content (AvgIpc) is 2.52. The fourth-order valence-corrected chi connectivity index (χ4v) is 3.86. The maximum absolute atomic E-state index is 2.32. The molecule has 4 aromatic carbocycles. The maximum Gasteiger partial charge on any atom is -0.00207 e. The topological polar surface area (TPSA) is 0 Å². The van der Waals surface area contributed by atoms with Gasteiger partial charge in [0.25, 0.3) is 0 Å². The summed E-state index contributed by atoms with van der Waals surface area (Å²) >= 11 is 0. The SMILES string of the molecule is CC1=C(c2ccc3ccc4cccc5ccc2c3c45)CC1. The van der Waals surface area contributed by atoms with E-state index in [4.69, 9.17) is 0 Å². The Labute approximate surface area is 124 Å². The molecule has 0 unspecified atom stereocenters. The Balaban J connectivity index is 2.04. The second-order valence-corrected chi connectivity index (χ2v) is 6.23. The van der Waals surface area contributed by atoms with Crippen molar-refractivity contribution in [3.05, 3.63) is 65.7 Å². The molecule has 0 bridgehead atoms. The number of rotatable bonds is 1. The van der Waals surface area contributed by atoms with Crippen molar-refractivity contribution in [2.45, 2.75) is 19.8 Å². The molecule has 0 nitrogen and oxygen atoms in total. The Morgan fingerprint density at radius 1 is 0.667 bits per heavy atom. The fourth-order valence-electron chi connectivity index (χ4n) is 3.86. The summed E-state index contributed by atoms with van der Waals surface area (Å²) in [6.45, 7) is 2.27. The Kier molecular flexibility index (Phi) is 2.08. The third-order valence-electron chi connectivity index (χ3n) is 5.12. The van der Waals surface area contributed by atoms with Crippen LogP contribution in [-0.4, -0.2) is 0 Å². The van der Waals surface area contributed by atoms with Gasteiger partial charge in [0.05, 0.1) is 0 Å². The lowest BCUT2D eigenvalue weighted by molar-refractivity contribution is 0.904. The molecule has 100 valence electrons. The van der Waals surface area contributed by atoms with Gasteiger partial charge in [-0.15, -0.1) is 0 Å². The zero-order chi connectivity index (χ0) is 14.0. The minimum Gasteiger partial charge on any atom is -0.0692 e. The lowest BCUT2D eigenvalue weighted by atomic mass is 9.81. The third-order valence-corrected chi connectivity index (χ3v) is 5.12. The van der Waals surface area contributed by atoms with Gasteiger partial charge in [-0.25, -0.2) is 0 Å². The van der Waals surface area contributed by atoms with Gasteiger partial charge in [-0.3, -0.25) is 0 Å². The van der Waals surface area contributed by atoms with Gasteiger partial charge in [0, 0.05) is 0 Å². The first-order chi connectivity index (χ1) is 10.3. The van der Waals surface area contributed by atoms with Gasteiger partial charge < -0.3 is 0 Å². The summed E-state index contributed by atoms with van der Waals surface area (Å²) in [5.41, 5.74) is 4.57. The first kappa shape index (κ1) is 11.3. The van der Waals surface area contributed by atoms with E-state index in [-0.39, 0.29) is 0 Å². The standard InChI is InChI=1S/C21H16/c1-13-5-10-17(13)18-11-8-16-7-6-14-3-2-4-15-9-12-19(18)21(16)20(14)15/h2-4,6-9,11-12H,5,10H2,1H3. The Bertz CT molecular complexity index is 1020. The molecule has 5 rings (SSSR count). The van der Waals surface area contributed by atoms with Crippen LogP contribution in [0.5, 0.6) is 0 Å². The van der Waals surface area contributed by atoms with Crippen molar-refractivity contribution in [1.29, 1.82) is 0 Å². The molecule has 0 saturated heterocycles. The molecule has 0 spiro atoms. The van der Waals surface area contributed by atoms with Crippen LogP contribution in [0, 0.1) is 0 Å². The van der Waals surface area contributed by atoms with E-state index in [1.54, 1.807) is 11.1 Å². The van der Waals surface area contributed by atoms with Crippen LogP contribution in [-0.2, 0) is 0 Å². The summed E-state index contributed by atoms with van der Waals surface area (Å²) in [6, 6.07) is 20.3. The number of hydrogen-bond donors (Lipinski definition) is 0. The van der Waals surface area contributed by atoms with Crippen molar-refractivity contribution in [2.75, 3.05) is 0 Å². The molecule has 1 aliphatic carbocycles. The van der Waals surface area contributed by atoms with Crippen LogP contribution in [0.15, 0.2) is 60.2 Å². The molecular weight excluding hydrogens is 252 g/mol. The minimum atomic E-state index is 1.23. The van der Waals surface area contributed by atoms with Gasteiger partial charge in [-0.2, -0.15) is 0 Å². The number of benzene rings is 4.